The molecule has 102 valence electrons. The highest BCUT2D eigenvalue weighted by Crippen LogP contribution is 2.21. The Morgan fingerprint density at radius 2 is 2.16 bits per heavy atom. The van der Waals surface area contributed by atoms with Crippen molar-refractivity contribution in [2.24, 2.45) is 0 Å². The number of carbonyl (C=O) groups is 1. The molecule has 0 N–H and O–H groups in total. The summed E-state index contributed by atoms with van der Waals surface area (Å²) in [6.07, 6.45) is -1.04. The minimum absolute atomic E-state index is 0.272. The van der Waals surface area contributed by atoms with Gasteiger partial charge in [0.2, 0.25) is 0 Å². The zero-order chi connectivity index (χ0) is 14.0. The van der Waals surface area contributed by atoms with Crippen LogP contribution in [0.25, 0.3) is 5.52 Å². The molecule has 0 spiro atoms. The highest BCUT2D eigenvalue weighted by atomic mass is 19.3. The second-order valence-corrected chi connectivity index (χ2v) is 4.03. The quantitative estimate of drug-likeness (QED) is 0.801. The van der Waals surface area contributed by atoms with Gasteiger partial charge in [-0.05, 0) is 30.7 Å². The van der Waals surface area contributed by atoms with Crippen LogP contribution in [0.3, 0.4) is 0 Å². The van der Waals surface area contributed by atoms with Gasteiger partial charge in [0.15, 0.2) is 0 Å². The maximum Gasteiger partial charge on any atom is 0.355 e. The van der Waals surface area contributed by atoms with E-state index in [9.17, 15) is 13.6 Å². The first-order chi connectivity index (χ1) is 9.02. The van der Waals surface area contributed by atoms with Crippen LogP contribution in [0.2, 0.25) is 0 Å². The highest BCUT2D eigenvalue weighted by molar-refractivity contribution is 5.91. The number of nitrogens with zero attached hydrogens (tertiary/aromatic N) is 1. The maximum atomic E-state index is 12.1. The van der Waals surface area contributed by atoms with Crippen LogP contribution in [-0.4, -0.2) is 30.5 Å². The van der Waals surface area contributed by atoms with Crippen molar-refractivity contribution in [1.82, 2.24) is 4.40 Å². The molecule has 0 fully saturated rings. The molecule has 6 heteroatoms. The van der Waals surface area contributed by atoms with Crippen molar-refractivity contribution in [2.75, 3.05) is 13.7 Å². The Hall–Kier alpha value is -2.11. The largest absolute Gasteiger partial charge is 0.486 e. The number of aromatic nitrogens is 1. The summed E-state index contributed by atoms with van der Waals surface area (Å²) in [6.45, 7) is 1.10. The van der Waals surface area contributed by atoms with Crippen molar-refractivity contribution in [1.29, 1.82) is 0 Å². The summed E-state index contributed by atoms with van der Waals surface area (Å²) in [6, 6.07) is 5.08. The number of esters is 1. The van der Waals surface area contributed by atoms with E-state index in [-0.39, 0.29) is 5.75 Å². The Morgan fingerprint density at radius 1 is 1.42 bits per heavy atom. The lowest BCUT2D eigenvalue weighted by atomic mass is 10.3. The second kappa shape index (κ2) is 5.26. The summed E-state index contributed by atoms with van der Waals surface area (Å²) in [5.74, 6) is -0.211. The van der Waals surface area contributed by atoms with Gasteiger partial charge in [-0.15, -0.1) is 0 Å². The van der Waals surface area contributed by atoms with Gasteiger partial charge in [0.05, 0.1) is 13.3 Å². The first kappa shape index (κ1) is 13.3. The van der Waals surface area contributed by atoms with Gasteiger partial charge in [0.1, 0.15) is 18.1 Å². The summed E-state index contributed by atoms with van der Waals surface area (Å²) in [5.41, 5.74) is 1.88. The van der Waals surface area contributed by atoms with Gasteiger partial charge in [-0.3, -0.25) is 0 Å². The molecule has 0 aliphatic carbocycles. The van der Waals surface area contributed by atoms with E-state index in [1.807, 2.05) is 6.07 Å². The number of fused-ring (bicyclic) bond motifs is 1. The number of pyridine rings is 1. The molecule has 0 bridgehead atoms. The summed E-state index contributed by atoms with van der Waals surface area (Å²) in [5, 5.41) is 0. The van der Waals surface area contributed by atoms with Crippen LogP contribution < -0.4 is 4.74 Å². The van der Waals surface area contributed by atoms with Crippen LogP contribution in [-0.2, 0) is 4.74 Å². The van der Waals surface area contributed by atoms with Crippen LogP contribution in [0.5, 0.6) is 5.75 Å². The Bertz CT molecular complexity index is 607. The third-order valence-electron chi connectivity index (χ3n) is 2.69. The molecule has 2 heterocycles. The number of methoxy groups -OCH3 is 1. The van der Waals surface area contributed by atoms with Crippen LogP contribution in [0.15, 0.2) is 24.4 Å². The van der Waals surface area contributed by atoms with Crippen molar-refractivity contribution in [2.45, 2.75) is 13.3 Å². The number of ether oxygens (including phenoxy) is 2. The van der Waals surface area contributed by atoms with Crippen molar-refractivity contribution >= 4 is 11.5 Å². The van der Waals surface area contributed by atoms with E-state index in [2.05, 4.69) is 0 Å². The van der Waals surface area contributed by atoms with Crippen LogP contribution in [0, 0.1) is 6.92 Å². The zero-order valence-electron chi connectivity index (χ0n) is 10.5. The maximum absolute atomic E-state index is 12.1. The molecule has 4 nitrogen and oxygen atoms in total. The number of rotatable bonds is 4. The smallest absolute Gasteiger partial charge is 0.355 e. The van der Waals surface area contributed by atoms with Gasteiger partial charge >= 0.3 is 5.97 Å². The predicted octanol–water partition coefficient (Wildman–Crippen LogP) is 2.68. The van der Waals surface area contributed by atoms with Gasteiger partial charge in [0.25, 0.3) is 6.43 Å². The number of hydrogen-bond donors (Lipinski definition) is 0. The van der Waals surface area contributed by atoms with E-state index >= 15 is 0 Å². The second-order valence-electron chi connectivity index (χ2n) is 4.03. The van der Waals surface area contributed by atoms with Crippen LogP contribution in [0.4, 0.5) is 8.78 Å². The van der Waals surface area contributed by atoms with Gasteiger partial charge in [-0.2, -0.15) is 0 Å². The number of alkyl halides is 2. The van der Waals surface area contributed by atoms with Crippen molar-refractivity contribution in [3.05, 3.63) is 35.7 Å². The predicted molar refractivity (Wildman–Crippen MR) is 65.0 cm³/mol. The molecule has 0 amide bonds. The molecule has 0 atom stereocenters. The third-order valence-corrected chi connectivity index (χ3v) is 2.69. The van der Waals surface area contributed by atoms with Crippen LogP contribution in [0.1, 0.15) is 16.1 Å². The Balaban J connectivity index is 2.42. The van der Waals surface area contributed by atoms with Crippen molar-refractivity contribution < 1.29 is 23.0 Å². The lowest BCUT2D eigenvalue weighted by molar-refractivity contribution is 0.0591. The Labute approximate surface area is 108 Å². The third kappa shape index (κ3) is 2.67. The molecule has 2 aromatic heterocycles. The average Bonchev–Trinajstić information content (AvgIpc) is 2.70. The molecule has 2 aromatic rings. The summed E-state index contributed by atoms with van der Waals surface area (Å²) in [7, 11) is 1.29. The standard InChI is InChI=1S/C13H13F2NO3/c1-8-5-9-3-4-10(19-7-11(14)15)6-16(9)12(8)13(17)18-2/h3-6,11H,7H2,1-2H3. The fourth-order valence-corrected chi connectivity index (χ4v) is 1.88. The van der Waals surface area contributed by atoms with Crippen molar-refractivity contribution in [3.63, 3.8) is 0 Å². The average molecular weight is 269 g/mol. The van der Waals surface area contributed by atoms with Crippen molar-refractivity contribution in [3.8, 4) is 5.75 Å². The molecule has 0 saturated heterocycles. The molecule has 2 rings (SSSR count). The zero-order valence-corrected chi connectivity index (χ0v) is 10.5. The summed E-state index contributed by atoms with van der Waals surface area (Å²) in [4.78, 5) is 11.7. The molecular weight excluding hydrogens is 256 g/mol. The van der Waals surface area contributed by atoms with E-state index in [0.29, 0.717) is 5.69 Å². The Kier molecular flexibility index (Phi) is 3.69. The Morgan fingerprint density at radius 3 is 2.79 bits per heavy atom. The summed E-state index contributed by atoms with van der Waals surface area (Å²) >= 11 is 0. The minimum Gasteiger partial charge on any atom is -0.486 e. The van der Waals surface area contributed by atoms with Gasteiger partial charge in [0, 0.05) is 5.52 Å². The van der Waals surface area contributed by atoms with Gasteiger partial charge in [-0.25, -0.2) is 13.6 Å². The SMILES string of the molecule is COC(=O)c1c(C)cc2ccc(OCC(F)F)cn12. The van der Waals surface area contributed by atoms with Gasteiger partial charge < -0.3 is 13.9 Å². The molecule has 0 unspecified atom stereocenters. The molecule has 0 radical (unpaired) electrons. The fraction of sp³-hybridized carbons (Fsp3) is 0.308. The van der Waals surface area contributed by atoms with Crippen LogP contribution >= 0.6 is 0 Å². The molecule has 0 saturated carbocycles. The molecule has 0 aliphatic rings. The molecule has 0 aliphatic heterocycles. The number of carbonyl (C=O) groups excluding carboxylic acids is 1. The normalized spacial score (nSPS) is 11.0. The number of aryl methyl sites for hydroxylation is 1. The van der Waals surface area contributed by atoms with E-state index in [4.69, 9.17) is 9.47 Å². The van der Waals surface area contributed by atoms with E-state index < -0.39 is 19.0 Å². The van der Waals surface area contributed by atoms with Gasteiger partial charge in [-0.1, -0.05) is 0 Å². The van der Waals surface area contributed by atoms with E-state index in [1.165, 1.54) is 13.3 Å². The lowest BCUT2D eigenvalue weighted by Crippen LogP contribution is -2.09. The minimum atomic E-state index is -2.54. The molecule has 0 aromatic carbocycles. The van der Waals surface area contributed by atoms with E-state index in [1.54, 1.807) is 23.5 Å². The molecule has 19 heavy (non-hydrogen) atoms. The van der Waals surface area contributed by atoms with E-state index in [0.717, 1.165) is 11.1 Å². The fourth-order valence-electron chi connectivity index (χ4n) is 1.88. The first-order valence-corrected chi connectivity index (χ1v) is 5.64. The molecular formula is C13H13F2NO3. The summed E-state index contributed by atoms with van der Waals surface area (Å²) < 4.78 is 35.4. The lowest BCUT2D eigenvalue weighted by Gasteiger charge is -2.07. The first-order valence-electron chi connectivity index (χ1n) is 5.64. The topological polar surface area (TPSA) is 39.9 Å². The highest BCUT2D eigenvalue weighted by Gasteiger charge is 2.16. The number of hydrogen-bond acceptors (Lipinski definition) is 3. The number of halogens is 2. The monoisotopic (exact) mass is 269 g/mol.